The third-order valence-electron chi connectivity index (χ3n) is 2.82. The van der Waals surface area contributed by atoms with Gasteiger partial charge in [-0.1, -0.05) is 29.8 Å². The van der Waals surface area contributed by atoms with E-state index in [0.29, 0.717) is 11.3 Å². The molecule has 2 N–H and O–H groups in total. The molecule has 0 fully saturated rings. The molecule has 1 aromatic carbocycles. The van der Waals surface area contributed by atoms with Crippen molar-refractivity contribution in [1.82, 2.24) is 4.98 Å². The second-order valence-electron chi connectivity index (χ2n) is 4.20. The highest BCUT2D eigenvalue weighted by Crippen LogP contribution is 2.28. The average Bonchev–Trinajstić information content (AvgIpc) is 2.77. The molecule has 6 heteroatoms. The molecule has 3 rings (SSSR count). The lowest BCUT2D eigenvalue weighted by Gasteiger charge is -1.94. The van der Waals surface area contributed by atoms with Gasteiger partial charge >= 0.3 is 0 Å². The summed E-state index contributed by atoms with van der Waals surface area (Å²) in [6.07, 6.45) is 3.27. The van der Waals surface area contributed by atoms with Gasteiger partial charge in [0.15, 0.2) is 0 Å². The quantitative estimate of drug-likeness (QED) is 0.734. The van der Waals surface area contributed by atoms with Crippen molar-refractivity contribution >= 4 is 28.8 Å². The highest BCUT2D eigenvalue weighted by atomic mass is 35.5. The second-order valence-corrected chi connectivity index (χ2v) is 4.60. The summed E-state index contributed by atoms with van der Waals surface area (Å²) < 4.78 is 12.2. The van der Waals surface area contributed by atoms with E-state index in [4.69, 9.17) is 11.6 Å². The van der Waals surface area contributed by atoms with Gasteiger partial charge < -0.3 is 10.3 Å². The van der Waals surface area contributed by atoms with E-state index in [0.717, 1.165) is 5.56 Å². The van der Waals surface area contributed by atoms with Crippen molar-refractivity contribution in [3.05, 3.63) is 69.4 Å². The average molecular weight is 307 g/mol. The van der Waals surface area contributed by atoms with Crippen molar-refractivity contribution in [2.75, 3.05) is 5.32 Å². The van der Waals surface area contributed by atoms with Gasteiger partial charge in [-0.15, -0.1) is 0 Å². The summed E-state index contributed by atoms with van der Waals surface area (Å²) in [5, 5.41) is 2.79. The number of anilines is 1. The second kappa shape index (κ2) is 6.37. The number of fused-ring (bicyclic) bond motifs is 1. The van der Waals surface area contributed by atoms with Crippen LogP contribution in [0.25, 0.3) is 5.57 Å². The molecule has 0 radical (unpaired) electrons. The van der Waals surface area contributed by atoms with Crippen LogP contribution in [0.2, 0.25) is 5.02 Å². The monoisotopic (exact) mass is 306 g/mol. The largest absolute Gasteiger partial charge is 0.328 e. The molecule has 1 aromatic heterocycles. The summed E-state index contributed by atoms with van der Waals surface area (Å²) in [5.41, 5.74) is 1.73. The van der Waals surface area contributed by atoms with Crippen LogP contribution < -0.4 is 10.9 Å². The molecule has 1 amide bonds. The Balaban J connectivity index is 0.000000173. The predicted molar refractivity (Wildman–Crippen MR) is 80.8 cm³/mol. The molecule has 0 spiro atoms. The standard InChI is InChI=1S/C9H8N2O2.C6H4ClF/c1-2-5-6-4-10-8(12)3-7(6)11-9(5)13;7-5-3-1-2-4-6(5)8/h2-4H,1H3,(H,10,12)(H,11,13);1-4H/b5-2+;. The Labute approximate surface area is 125 Å². The van der Waals surface area contributed by atoms with Crippen LogP contribution in [0.1, 0.15) is 12.5 Å². The van der Waals surface area contributed by atoms with Gasteiger partial charge in [-0.05, 0) is 19.1 Å². The van der Waals surface area contributed by atoms with E-state index < -0.39 is 0 Å². The maximum absolute atomic E-state index is 12.2. The Morgan fingerprint density at radius 3 is 2.52 bits per heavy atom. The number of pyridine rings is 1. The number of benzene rings is 1. The molecule has 1 aliphatic heterocycles. The van der Waals surface area contributed by atoms with E-state index >= 15 is 0 Å². The zero-order valence-corrected chi connectivity index (χ0v) is 11.9. The summed E-state index contributed by atoms with van der Waals surface area (Å²) in [4.78, 5) is 24.7. The van der Waals surface area contributed by atoms with E-state index in [1.807, 2.05) is 0 Å². The van der Waals surface area contributed by atoms with E-state index in [1.165, 1.54) is 18.2 Å². The highest BCUT2D eigenvalue weighted by Gasteiger charge is 2.23. The molecule has 108 valence electrons. The van der Waals surface area contributed by atoms with Crippen molar-refractivity contribution in [3.63, 3.8) is 0 Å². The Morgan fingerprint density at radius 1 is 1.24 bits per heavy atom. The van der Waals surface area contributed by atoms with Crippen LogP contribution in [0.4, 0.5) is 10.1 Å². The van der Waals surface area contributed by atoms with Gasteiger partial charge in [0, 0.05) is 23.4 Å². The van der Waals surface area contributed by atoms with Gasteiger partial charge in [0.25, 0.3) is 5.91 Å². The van der Waals surface area contributed by atoms with Crippen molar-refractivity contribution in [3.8, 4) is 0 Å². The Bertz CT molecular complexity index is 747. The lowest BCUT2D eigenvalue weighted by molar-refractivity contribution is -0.110. The number of carbonyl (C=O) groups is 1. The zero-order chi connectivity index (χ0) is 15.4. The van der Waals surface area contributed by atoms with Crippen molar-refractivity contribution in [1.29, 1.82) is 0 Å². The number of aromatic amines is 1. The molecule has 0 atom stereocenters. The first kappa shape index (κ1) is 15.0. The fraction of sp³-hybridized carbons (Fsp3) is 0.0667. The van der Waals surface area contributed by atoms with Gasteiger partial charge in [0.05, 0.1) is 10.7 Å². The van der Waals surface area contributed by atoms with Crippen LogP contribution in [0, 0.1) is 5.82 Å². The van der Waals surface area contributed by atoms with Crippen LogP contribution in [-0.2, 0) is 4.79 Å². The summed E-state index contributed by atoms with van der Waals surface area (Å²) in [5.74, 6) is -0.523. The molecule has 0 aliphatic carbocycles. The Kier molecular flexibility index (Phi) is 4.55. The number of allylic oxidation sites excluding steroid dienone is 1. The number of rotatable bonds is 0. The Morgan fingerprint density at radius 2 is 1.95 bits per heavy atom. The lowest BCUT2D eigenvalue weighted by atomic mass is 10.1. The molecule has 2 aromatic rings. The number of aromatic nitrogens is 1. The van der Waals surface area contributed by atoms with Crippen LogP contribution in [0.5, 0.6) is 0 Å². The predicted octanol–water partition coefficient (Wildman–Crippen LogP) is 3.21. The fourth-order valence-corrected chi connectivity index (χ4v) is 1.97. The van der Waals surface area contributed by atoms with Crippen molar-refractivity contribution < 1.29 is 9.18 Å². The van der Waals surface area contributed by atoms with E-state index in [2.05, 4.69) is 10.3 Å². The number of nitrogens with one attached hydrogen (secondary N) is 2. The lowest BCUT2D eigenvalue weighted by Crippen LogP contribution is -2.05. The molecular weight excluding hydrogens is 295 g/mol. The minimum Gasteiger partial charge on any atom is -0.328 e. The van der Waals surface area contributed by atoms with Crippen molar-refractivity contribution in [2.24, 2.45) is 0 Å². The smallest absolute Gasteiger partial charge is 0.256 e. The number of H-pyrrole nitrogens is 1. The minimum absolute atomic E-state index is 0.156. The Hall–Kier alpha value is -2.40. The van der Waals surface area contributed by atoms with E-state index in [9.17, 15) is 14.0 Å². The van der Waals surface area contributed by atoms with Crippen LogP contribution in [-0.4, -0.2) is 10.9 Å². The van der Waals surface area contributed by atoms with Gasteiger partial charge in [0.2, 0.25) is 5.56 Å². The third kappa shape index (κ3) is 3.38. The van der Waals surface area contributed by atoms with Crippen molar-refractivity contribution in [2.45, 2.75) is 6.92 Å². The number of carbonyl (C=O) groups excluding carboxylic acids is 1. The first-order valence-electron chi connectivity index (χ1n) is 6.13. The number of hydrogen-bond donors (Lipinski definition) is 2. The number of hydrogen-bond acceptors (Lipinski definition) is 2. The minimum atomic E-state index is -0.367. The topological polar surface area (TPSA) is 62.0 Å². The van der Waals surface area contributed by atoms with E-state index in [-0.39, 0.29) is 22.3 Å². The molecule has 0 bridgehead atoms. The first-order chi connectivity index (χ1) is 10.0. The molecule has 4 nitrogen and oxygen atoms in total. The molecule has 0 saturated carbocycles. The van der Waals surface area contributed by atoms with E-state index in [1.54, 1.807) is 31.3 Å². The van der Waals surface area contributed by atoms with Gasteiger partial charge in [0.1, 0.15) is 5.82 Å². The summed E-state index contributed by atoms with van der Waals surface area (Å²) in [6, 6.07) is 7.50. The summed E-state index contributed by atoms with van der Waals surface area (Å²) in [6.45, 7) is 1.79. The third-order valence-corrected chi connectivity index (χ3v) is 3.13. The number of halogens is 2. The summed E-state index contributed by atoms with van der Waals surface area (Å²) in [7, 11) is 0. The number of amides is 1. The normalized spacial score (nSPS) is 14.2. The van der Waals surface area contributed by atoms with Crippen LogP contribution >= 0.6 is 11.6 Å². The van der Waals surface area contributed by atoms with Gasteiger partial charge in [-0.25, -0.2) is 4.39 Å². The molecular formula is C15H12ClFN2O2. The van der Waals surface area contributed by atoms with Crippen LogP contribution in [0.15, 0.2) is 47.4 Å². The highest BCUT2D eigenvalue weighted by molar-refractivity contribution is 6.31. The molecule has 21 heavy (non-hydrogen) atoms. The first-order valence-corrected chi connectivity index (χ1v) is 6.51. The molecule has 0 unspecified atom stereocenters. The fourth-order valence-electron chi connectivity index (χ4n) is 1.84. The van der Waals surface area contributed by atoms with Crippen LogP contribution in [0.3, 0.4) is 0 Å². The SMILES string of the molecule is C/C=C1/C(=O)Nc2cc(=O)[nH]cc21.Fc1ccccc1Cl. The molecule has 0 saturated heterocycles. The molecule has 1 aliphatic rings. The summed E-state index contributed by atoms with van der Waals surface area (Å²) >= 11 is 5.33. The molecule has 2 heterocycles. The maximum atomic E-state index is 12.2. The van der Waals surface area contributed by atoms with Gasteiger partial charge in [-0.3, -0.25) is 9.59 Å². The maximum Gasteiger partial charge on any atom is 0.256 e. The van der Waals surface area contributed by atoms with Gasteiger partial charge in [-0.2, -0.15) is 0 Å². The zero-order valence-electron chi connectivity index (χ0n) is 11.1.